The van der Waals surface area contributed by atoms with Crippen molar-refractivity contribution in [3.8, 4) is 0 Å². The van der Waals surface area contributed by atoms with Crippen LogP contribution >= 0.6 is 11.8 Å². The van der Waals surface area contributed by atoms with E-state index in [1.54, 1.807) is 0 Å². The fourth-order valence-corrected chi connectivity index (χ4v) is 3.25. The minimum absolute atomic E-state index is 0.345. The van der Waals surface area contributed by atoms with Gasteiger partial charge in [-0.15, -0.1) is 0 Å². The fraction of sp³-hybridized carbons (Fsp3) is 0.643. The van der Waals surface area contributed by atoms with Crippen LogP contribution in [0, 0.1) is 6.92 Å². The van der Waals surface area contributed by atoms with Crippen molar-refractivity contribution in [1.29, 1.82) is 0 Å². The van der Waals surface area contributed by atoms with Crippen LogP contribution in [-0.2, 0) is 11.3 Å². The lowest BCUT2D eigenvalue weighted by Crippen LogP contribution is -2.14. The van der Waals surface area contributed by atoms with Gasteiger partial charge in [-0.2, -0.15) is 0 Å². The first kappa shape index (κ1) is 13.8. The molecule has 100 valence electrons. The number of nitrogens with zero attached hydrogens (tertiary/aromatic N) is 1. The van der Waals surface area contributed by atoms with Crippen LogP contribution in [0.3, 0.4) is 0 Å². The Kier molecular flexibility index (Phi) is 5.03. The topological polar surface area (TPSA) is 34.2 Å². The summed E-state index contributed by atoms with van der Waals surface area (Å²) in [6, 6.07) is 2.23. The van der Waals surface area contributed by atoms with Gasteiger partial charge in [-0.25, -0.2) is 4.98 Å². The van der Waals surface area contributed by atoms with E-state index in [9.17, 15) is 0 Å². The van der Waals surface area contributed by atoms with Crippen LogP contribution in [0.25, 0.3) is 0 Å². The van der Waals surface area contributed by atoms with Gasteiger partial charge in [0.2, 0.25) is 0 Å². The molecule has 0 amide bonds. The molecule has 0 bridgehead atoms. The number of ether oxygens (including phenoxy) is 1. The molecule has 1 aromatic rings. The molecule has 0 aliphatic carbocycles. The summed E-state index contributed by atoms with van der Waals surface area (Å²) in [5.74, 6) is 0. The maximum atomic E-state index is 5.60. The monoisotopic (exact) mass is 266 g/mol. The Morgan fingerprint density at radius 2 is 2.39 bits per heavy atom. The van der Waals surface area contributed by atoms with E-state index in [0.29, 0.717) is 11.4 Å². The van der Waals surface area contributed by atoms with Gasteiger partial charge in [-0.05, 0) is 37.9 Å². The molecule has 1 aliphatic heterocycles. The lowest BCUT2D eigenvalue weighted by molar-refractivity contribution is 0.127. The van der Waals surface area contributed by atoms with Crippen molar-refractivity contribution in [3.05, 3.63) is 23.4 Å². The van der Waals surface area contributed by atoms with Crippen molar-refractivity contribution in [1.82, 2.24) is 10.3 Å². The maximum absolute atomic E-state index is 5.60. The standard InChI is InChI=1S/C14H22N2OS/c1-4-15-8-12-7-10(2)14(16-9-12)18-13-5-6-17-11(13)3/h7,9,11,13,15H,4-6,8H2,1-3H3. The number of nitrogens with one attached hydrogen (secondary N) is 1. The molecule has 2 heterocycles. The average molecular weight is 266 g/mol. The zero-order chi connectivity index (χ0) is 13.0. The summed E-state index contributed by atoms with van der Waals surface area (Å²) in [5.41, 5.74) is 2.53. The molecule has 2 atom stereocenters. The molecular formula is C14H22N2OS. The minimum Gasteiger partial charge on any atom is -0.377 e. The first-order chi connectivity index (χ1) is 8.70. The Labute approximate surface area is 114 Å². The third kappa shape index (κ3) is 3.46. The number of rotatable bonds is 5. The summed E-state index contributed by atoms with van der Waals surface area (Å²) in [7, 11) is 0. The molecular weight excluding hydrogens is 244 g/mol. The molecule has 1 saturated heterocycles. The minimum atomic E-state index is 0.345. The second-order valence-electron chi connectivity index (χ2n) is 4.77. The van der Waals surface area contributed by atoms with Crippen LogP contribution in [0.1, 0.15) is 31.4 Å². The van der Waals surface area contributed by atoms with Gasteiger partial charge in [0.15, 0.2) is 0 Å². The van der Waals surface area contributed by atoms with E-state index >= 15 is 0 Å². The van der Waals surface area contributed by atoms with Crippen molar-refractivity contribution >= 4 is 11.8 Å². The van der Waals surface area contributed by atoms with Crippen LogP contribution < -0.4 is 5.32 Å². The summed E-state index contributed by atoms with van der Waals surface area (Å²) in [5, 5.41) is 5.03. The van der Waals surface area contributed by atoms with Crippen LogP contribution in [0.2, 0.25) is 0 Å². The highest BCUT2D eigenvalue weighted by Gasteiger charge is 2.26. The third-order valence-electron chi connectivity index (χ3n) is 3.24. The van der Waals surface area contributed by atoms with Gasteiger partial charge in [0.25, 0.3) is 0 Å². The first-order valence-electron chi connectivity index (χ1n) is 6.65. The van der Waals surface area contributed by atoms with E-state index in [1.165, 1.54) is 11.1 Å². The Bertz CT molecular complexity index is 397. The first-order valence-corrected chi connectivity index (χ1v) is 7.53. The summed E-state index contributed by atoms with van der Waals surface area (Å²) in [4.78, 5) is 4.60. The van der Waals surface area contributed by atoms with Crippen LogP contribution in [0.5, 0.6) is 0 Å². The highest BCUT2D eigenvalue weighted by molar-refractivity contribution is 8.00. The Hall–Kier alpha value is -0.580. The molecule has 1 fully saturated rings. The predicted molar refractivity (Wildman–Crippen MR) is 76.0 cm³/mol. The van der Waals surface area contributed by atoms with E-state index in [2.05, 4.69) is 37.1 Å². The van der Waals surface area contributed by atoms with Crippen LogP contribution in [0.4, 0.5) is 0 Å². The van der Waals surface area contributed by atoms with E-state index in [-0.39, 0.29) is 0 Å². The largest absolute Gasteiger partial charge is 0.377 e. The van der Waals surface area contributed by atoms with Gasteiger partial charge in [-0.1, -0.05) is 24.8 Å². The number of hydrogen-bond donors (Lipinski definition) is 1. The Balaban J connectivity index is 2.00. The second kappa shape index (κ2) is 6.55. The maximum Gasteiger partial charge on any atom is 0.0992 e. The molecule has 0 spiro atoms. The Morgan fingerprint density at radius 3 is 3.00 bits per heavy atom. The van der Waals surface area contributed by atoms with Crippen LogP contribution in [0.15, 0.2) is 17.3 Å². The highest BCUT2D eigenvalue weighted by Crippen LogP contribution is 2.33. The predicted octanol–water partition coefficient (Wildman–Crippen LogP) is 2.77. The summed E-state index contributed by atoms with van der Waals surface area (Å²) < 4.78 is 5.60. The molecule has 2 rings (SSSR count). The number of aromatic nitrogens is 1. The molecule has 18 heavy (non-hydrogen) atoms. The van der Waals surface area contributed by atoms with Gasteiger partial charge in [0.05, 0.1) is 11.1 Å². The molecule has 2 unspecified atom stereocenters. The fourth-order valence-electron chi connectivity index (χ4n) is 2.12. The SMILES string of the molecule is CCNCc1cnc(SC2CCOC2C)c(C)c1. The van der Waals surface area contributed by atoms with Crippen molar-refractivity contribution in [2.24, 2.45) is 0 Å². The molecule has 1 aromatic heterocycles. The van der Waals surface area contributed by atoms with Gasteiger partial charge in [0, 0.05) is 24.6 Å². The average Bonchev–Trinajstić information content (AvgIpc) is 2.75. The molecule has 0 aromatic carbocycles. The van der Waals surface area contributed by atoms with E-state index in [1.807, 2.05) is 18.0 Å². The lowest BCUT2D eigenvalue weighted by atomic mass is 10.2. The van der Waals surface area contributed by atoms with Crippen LogP contribution in [-0.4, -0.2) is 29.5 Å². The number of thioether (sulfide) groups is 1. The second-order valence-corrected chi connectivity index (χ2v) is 5.99. The van der Waals surface area contributed by atoms with Crippen molar-refractivity contribution in [2.45, 2.75) is 50.1 Å². The van der Waals surface area contributed by atoms with Gasteiger partial charge >= 0.3 is 0 Å². The molecule has 0 radical (unpaired) electrons. The molecule has 0 saturated carbocycles. The number of pyridine rings is 1. The highest BCUT2D eigenvalue weighted by atomic mass is 32.2. The smallest absolute Gasteiger partial charge is 0.0992 e. The quantitative estimate of drug-likeness (QED) is 0.888. The normalized spacial score (nSPS) is 23.5. The van der Waals surface area contributed by atoms with Gasteiger partial charge in [0.1, 0.15) is 0 Å². The molecule has 1 N–H and O–H groups in total. The van der Waals surface area contributed by atoms with Crippen molar-refractivity contribution in [2.75, 3.05) is 13.2 Å². The zero-order valence-electron chi connectivity index (χ0n) is 11.4. The number of aryl methyl sites for hydroxylation is 1. The van der Waals surface area contributed by atoms with Gasteiger partial charge < -0.3 is 10.1 Å². The van der Waals surface area contributed by atoms with Gasteiger partial charge in [-0.3, -0.25) is 0 Å². The van der Waals surface area contributed by atoms with E-state index in [0.717, 1.165) is 31.1 Å². The van der Waals surface area contributed by atoms with Crippen molar-refractivity contribution < 1.29 is 4.74 Å². The summed E-state index contributed by atoms with van der Waals surface area (Å²) in [6.07, 6.45) is 3.46. The molecule has 1 aliphatic rings. The lowest BCUT2D eigenvalue weighted by Gasteiger charge is -2.14. The summed E-state index contributed by atoms with van der Waals surface area (Å²) in [6.45, 7) is 9.19. The molecule has 3 nitrogen and oxygen atoms in total. The van der Waals surface area contributed by atoms with E-state index in [4.69, 9.17) is 4.74 Å². The number of hydrogen-bond acceptors (Lipinski definition) is 4. The summed E-state index contributed by atoms with van der Waals surface area (Å²) >= 11 is 1.86. The Morgan fingerprint density at radius 1 is 1.56 bits per heavy atom. The van der Waals surface area contributed by atoms with E-state index < -0.39 is 0 Å². The third-order valence-corrected chi connectivity index (χ3v) is 4.81. The zero-order valence-corrected chi connectivity index (χ0v) is 12.2. The van der Waals surface area contributed by atoms with Crippen molar-refractivity contribution in [3.63, 3.8) is 0 Å². The molecule has 4 heteroatoms.